The SMILES string of the molecule is CCNC(=NCCCOC(C)C)N1CCOC(C2CCCO2)C1.I. The van der Waals surface area contributed by atoms with Gasteiger partial charge in [0.1, 0.15) is 6.10 Å². The molecule has 0 aromatic heterocycles. The Morgan fingerprint density at radius 1 is 1.29 bits per heavy atom. The summed E-state index contributed by atoms with van der Waals surface area (Å²) in [5, 5.41) is 3.40. The predicted octanol–water partition coefficient (Wildman–Crippen LogP) is 2.26. The Labute approximate surface area is 163 Å². The zero-order valence-electron chi connectivity index (χ0n) is 15.3. The molecule has 7 heteroatoms. The summed E-state index contributed by atoms with van der Waals surface area (Å²) in [6, 6.07) is 0. The molecule has 0 aliphatic carbocycles. The van der Waals surface area contributed by atoms with E-state index in [1.165, 1.54) is 0 Å². The van der Waals surface area contributed by atoms with Crippen molar-refractivity contribution in [2.75, 3.05) is 46.0 Å². The van der Waals surface area contributed by atoms with E-state index in [1.807, 2.05) is 0 Å². The van der Waals surface area contributed by atoms with Gasteiger partial charge in [0.25, 0.3) is 0 Å². The molecule has 2 heterocycles. The Bertz CT molecular complexity index is 363. The van der Waals surface area contributed by atoms with E-state index in [9.17, 15) is 0 Å². The van der Waals surface area contributed by atoms with Crippen LogP contribution in [0.15, 0.2) is 4.99 Å². The number of aliphatic imine (C=N–C) groups is 1. The minimum atomic E-state index is 0. The fraction of sp³-hybridized carbons (Fsp3) is 0.941. The maximum Gasteiger partial charge on any atom is 0.194 e. The molecule has 0 spiro atoms. The Morgan fingerprint density at radius 3 is 2.75 bits per heavy atom. The molecule has 0 aromatic rings. The lowest BCUT2D eigenvalue weighted by molar-refractivity contribution is -0.0817. The molecule has 2 saturated heterocycles. The van der Waals surface area contributed by atoms with Crippen LogP contribution < -0.4 is 5.32 Å². The summed E-state index contributed by atoms with van der Waals surface area (Å²) >= 11 is 0. The van der Waals surface area contributed by atoms with Gasteiger partial charge in [-0.2, -0.15) is 0 Å². The second kappa shape index (κ2) is 12.3. The van der Waals surface area contributed by atoms with Crippen LogP contribution in [0, 0.1) is 0 Å². The highest BCUT2D eigenvalue weighted by molar-refractivity contribution is 14.0. The maximum absolute atomic E-state index is 5.92. The molecule has 0 bridgehead atoms. The summed E-state index contributed by atoms with van der Waals surface area (Å²) in [5.41, 5.74) is 0. The smallest absolute Gasteiger partial charge is 0.194 e. The first kappa shape index (κ1) is 21.9. The summed E-state index contributed by atoms with van der Waals surface area (Å²) in [7, 11) is 0. The summed E-state index contributed by atoms with van der Waals surface area (Å²) in [6.07, 6.45) is 3.91. The van der Waals surface area contributed by atoms with E-state index in [1.54, 1.807) is 0 Å². The first-order valence-electron chi connectivity index (χ1n) is 9.08. The van der Waals surface area contributed by atoms with Gasteiger partial charge in [0.15, 0.2) is 5.96 Å². The van der Waals surface area contributed by atoms with Gasteiger partial charge in [-0.05, 0) is 40.0 Å². The first-order chi connectivity index (χ1) is 11.2. The minimum Gasteiger partial charge on any atom is -0.379 e. The Morgan fingerprint density at radius 2 is 2.08 bits per heavy atom. The summed E-state index contributed by atoms with van der Waals surface area (Å²) in [4.78, 5) is 7.06. The zero-order chi connectivity index (χ0) is 16.5. The van der Waals surface area contributed by atoms with Gasteiger partial charge in [0, 0.05) is 39.4 Å². The number of hydrogen-bond donors (Lipinski definition) is 1. The molecule has 24 heavy (non-hydrogen) atoms. The molecule has 0 radical (unpaired) electrons. The van der Waals surface area contributed by atoms with Crippen molar-refractivity contribution in [3.8, 4) is 0 Å². The van der Waals surface area contributed by atoms with E-state index < -0.39 is 0 Å². The highest BCUT2D eigenvalue weighted by Crippen LogP contribution is 2.21. The molecule has 142 valence electrons. The molecule has 6 nitrogen and oxygen atoms in total. The number of nitrogens with zero attached hydrogens (tertiary/aromatic N) is 2. The fourth-order valence-corrected chi connectivity index (χ4v) is 2.98. The van der Waals surface area contributed by atoms with E-state index >= 15 is 0 Å². The molecule has 2 rings (SSSR count). The van der Waals surface area contributed by atoms with Crippen LogP contribution in [0.2, 0.25) is 0 Å². The predicted molar refractivity (Wildman–Crippen MR) is 107 cm³/mol. The van der Waals surface area contributed by atoms with Gasteiger partial charge in [0.05, 0.1) is 18.8 Å². The number of nitrogens with one attached hydrogen (secondary N) is 1. The van der Waals surface area contributed by atoms with Crippen molar-refractivity contribution in [2.24, 2.45) is 4.99 Å². The average Bonchev–Trinajstić information content (AvgIpc) is 3.08. The largest absolute Gasteiger partial charge is 0.379 e. The highest BCUT2D eigenvalue weighted by atomic mass is 127. The van der Waals surface area contributed by atoms with Crippen molar-refractivity contribution in [1.29, 1.82) is 0 Å². The van der Waals surface area contributed by atoms with E-state index in [-0.39, 0.29) is 36.2 Å². The van der Waals surface area contributed by atoms with Gasteiger partial charge in [-0.3, -0.25) is 4.99 Å². The van der Waals surface area contributed by atoms with Crippen molar-refractivity contribution < 1.29 is 14.2 Å². The average molecular weight is 455 g/mol. The third kappa shape index (κ3) is 7.41. The van der Waals surface area contributed by atoms with Crippen LogP contribution in [0.1, 0.15) is 40.0 Å². The number of rotatable bonds is 7. The standard InChI is InChI=1S/C17H33N3O3.HI/c1-4-18-17(19-8-6-11-21-14(2)3)20-9-12-23-16(13-20)15-7-5-10-22-15;/h14-16H,4-13H2,1-3H3,(H,18,19);1H. The molecule has 1 N–H and O–H groups in total. The van der Waals surface area contributed by atoms with Crippen LogP contribution in [0.5, 0.6) is 0 Å². The monoisotopic (exact) mass is 455 g/mol. The second-order valence-electron chi connectivity index (χ2n) is 6.42. The number of halogens is 1. The van der Waals surface area contributed by atoms with Gasteiger partial charge in [-0.25, -0.2) is 0 Å². The van der Waals surface area contributed by atoms with Gasteiger partial charge >= 0.3 is 0 Å². The van der Waals surface area contributed by atoms with Gasteiger partial charge in [0.2, 0.25) is 0 Å². The van der Waals surface area contributed by atoms with E-state index in [2.05, 4.69) is 31.0 Å². The van der Waals surface area contributed by atoms with Crippen molar-refractivity contribution in [2.45, 2.75) is 58.3 Å². The molecule has 2 fully saturated rings. The lowest BCUT2D eigenvalue weighted by Crippen LogP contribution is -2.53. The number of hydrogen-bond acceptors (Lipinski definition) is 4. The Hall–Kier alpha value is -0.120. The fourth-order valence-electron chi connectivity index (χ4n) is 2.98. The minimum absolute atomic E-state index is 0. The van der Waals surface area contributed by atoms with Crippen LogP contribution in [0.3, 0.4) is 0 Å². The quantitative estimate of drug-likeness (QED) is 0.276. The lowest BCUT2D eigenvalue weighted by Gasteiger charge is -2.37. The summed E-state index contributed by atoms with van der Waals surface area (Å²) in [6.45, 7) is 12.0. The van der Waals surface area contributed by atoms with Crippen molar-refractivity contribution in [1.82, 2.24) is 10.2 Å². The lowest BCUT2D eigenvalue weighted by atomic mass is 10.1. The molecule has 2 aliphatic heterocycles. The van der Waals surface area contributed by atoms with Crippen molar-refractivity contribution in [3.05, 3.63) is 0 Å². The first-order valence-corrected chi connectivity index (χ1v) is 9.08. The second-order valence-corrected chi connectivity index (χ2v) is 6.42. The summed E-state index contributed by atoms with van der Waals surface area (Å²) < 4.78 is 17.3. The van der Waals surface area contributed by atoms with Crippen LogP contribution in [-0.2, 0) is 14.2 Å². The summed E-state index contributed by atoms with van der Waals surface area (Å²) in [5.74, 6) is 0.989. The third-order valence-electron chi connectivity index (χ3n) is 4.12. The van der Waals surface area contributed by atoms with Crippen LogP contribution in [0.25, 0.3) is 0 Å². The Balaban J connectivity index is 0.00000288. The topological polar surface area (TPSA) is 55.3 Å². The molecule has 0 aromatic carbocycles. The van der Waals surface area contributed by atoms with Crippen LogP contribution in [-0.4, -0.2) is 75.2 Å². The van der Waals surface area contributed by atoms with E-state index in [4.69, 9.17) is 19.2 Å². The normalized spacial score (nSPS) is 25.0. The molecular weight excluding hydrogens is 421 g/mol. The molecule has 2 atom stereocenters. The van der Waals surface area contributed by atoms with Crippen molar-refractivity contribution >= 4 is 29.9 Å². The Kier molecular flexibility index (Phi) is 11.2. The number of ether oxygens (including phenoxy) is 3. The maximum atomic E-state index is 5.92. The molecule has 0 amide bonds. The third-order valence-corrected chi connectivity index (χ3v) is 4.12. The van der Waals surface area contributed by atoms with E-state index in [0.717, 1.165) is 71.2 Å². The number of morpholine rings is 1. The van der Waals surface area contributed by atoms with Gasteiger partial charge in [-0.1, -0.05) is 0 Å². The molecule has 2 unspecified atom stereocenters. The zero-order valence-corrected chi connectivity index (χ0v) is 17.7. The molecule has 2 aliphatic rings. The molecular formula is C17H34IN3O3. The molecule has 0 saturated carbocycles. The van der Waals surface area contributed by atoms with E-state index in [0.29, 0.717) is 6.10 Å². The van der Waals surface area contributed by atoms with Gasteiger partial charge in [-0.15, -0.1) is 24.0 Å². The van der Waals surface area contributed by atoms with Crippen LogP contribution >= 0.6 is 24.0 Å². The highest BCUT2D eigenvalue weighted by Gasteiger charge is 2.32. The van der Waals surface area contributed by atoms with Crippen molar-refractivity contribution in [3.63, 3.8) is 0 Å². The van der Waals surface area contributed by atoms with Gasteiger partial charge < -0.3 is 24.4 Å². The van der Waals surface area contributed by atoms with Crippen LogP contribution in [0.4, 0.5) is 0 Å². The number of guanidine groups is 1.